The van der Waals surface area contributed by atoms with Crippen LogP contribution in [0.4, 0.5) is 0 Å². The highest BCUT2D eigenvalue weighted by Gasteiger charge is 2.34. The van der Waals surface area contributed by atoms with E-state index in [1.54, 1.807) is 0 Å². The first-order chi connectivity index (χ1) is 10.1. The molecule has 4 atom stereocenters. The summed E-state index contributed by atoms with van der Waals surface area (Å²) < 4.78 is 5.58. The van der Waals surface area contributed by atoms with Crippen LogP contribution in [-0.2, 0) is 4.74 Å². The van der Waals surface area contributed by atoms with Crippen molar-refractivity contribution in [1.29, 1.82) is 0 Å². The first-order valence-corrected chi connectivity index (χ1v) is 8.37. The number of aliphatic hydroxyl groups excluding tert-OH is 1. The van der Waals surface area contributed by atoms with Crippen LogP contribution in [0.2, 0.25) is 0 Å². The highest BCUT2D eigenvalue weighted by molar-refractivity contribution is 5.97. The second kappa shape index (κ2) is 6.59. The number of hydrogen-bond acceptors (Lipinski definition) is 4. The molecule has 0 bridgehead atoms. The zero-order chi connectivity index (χ0) is 14.8. The zero-order valence-electron chi connectivity index (χ0n) is 13.2. The summed E-state index contributed by atoms with van der Waals surface area (Å²) in [6, 6.07) is 0.324. The molecule has 3 aliphatic rings. The molecule has 2 saturated heterocycles. The predicted octanol–water partition coefficient (Wildman–Crippen LogP) is 1.74. The average molecular weight is 292 g/mol. The second-order valence-corrected chi connectivity index (χ2v) is 7.04. The van der Waals surface area contributed by atoms with Gasteiger partial charge in [0.05, 0.1) is 18.8 Å². The third kappa shape index (κ3) is 3.55. The van der Waals surface area contributed by atoms with Crippen LogP contribution < -0.4 is 0 Å². The largest absolute Gasteiger partial charge is 0.392 e. The van der Waals surface area contributed by atoms with E-state index in [4.69, 9.17) is 9.73 Å². The summed E-state index contributed by atoms with van der Waals surface area (Å²) in [5, 5.41) is 9.74. The van der Waals surface area contributed by atoms with Crippen molar-refractivity contribution in [2.45, 2.75) is 38.8 Å². The Kier molecular flexibility index (Phi) is 4.77. The summed E-state index contributed by atoms with van der Waals surface area (Å²) >= 11 is 0. The molecule has 0 spiro atoms. The van der Waals surface area contributed by atoms with E-state index in [1.807, 2.05) is 0 Å². The van der Waals surface area contributed by atoms with Gasteiger partial charge in [0.15, 0.2) is 0 Å². The van der Waals surface area contributed by atoms with E-state index >= 15 is 0 Å². The third-order valence-electron chi connectivity index (χ3n) is 5.04. The number of hydrogen-bond donors (Lipinski definition) is 1. The van der Waals surface area contributed by atoms with Crippen LogP contribution in [0.1, 0.15) is 26.7 Å². The molecule has 118 valence electrons. The van der Waals surface area contributed by atoms with Gasteiger partial charge >= 0.3 is 0 Å². The number of likely N-dealkylation sites (tertiary alicyclic amines) is 1. The smallest absolute Gasteiger partial charge is 0.0695 e. The van der Waals surface area contributed by atoms with Crippen molar-refractivity contribution in [3.05, 3.63) is 12.2 Å². The Morgan fingerprint density at radius 2 is 2.29 bits per heavy atom. The molecule has 4 heteroatoms. The zero-order valence-corrected chi connectivity index (χ0v) is 13.2. The minimum Gasteiger partial charge on any atom is -0.392 e. The maximum absolute atomic E-state index is 9.74. The molecule has 3 rings (SSSR count). The molecule has 0 amide bonds. The van der Waals surface area contributed by atoms with Crippen LogP contribution in [-0.4, -0.2) is 60.7 Å². The Hall–Kier alpha value is -0.710. The molecule has 2 fully saturated rings. The molecule has 3 heterocycles. The number of β-amino-alcohol motifs (C(OH)–C–C–N with tert-alkyl or cyclic N) is 1. The van der Waals surface area contributed by atoms with E-state index in [0.29, 0.717) is 23.8 Å². The van der Waals surface area contributed by atoms with Crippen molar-refractivity contribution in [3.63, 3.8) is 0 Å². The number of aliphatic hydroxyl groups is 1. The van der Waals surface area contributed by atoms with Gasteiger partial charge in [0.1, 0.15) is 0 Å². The van der Waals surface area contributed by atoms with E-state index in [9.17, 15) is 5.11 Å². The molecule has 3 aliphatic heterocycles. The Bertz CT molecular complexity index is 413. The topological polar surface area (TPSA) is 45.1 Å². The van der Waals surface area contributed by atoms with Gasteiger partial charge in [-0.05, 0) is 30.8 Å². The van der Waals surface area contributed by atoms with Crippen LogP contribution in [0.5, 0.6) is 0 Å². The summed E-state index contributed by atoms with van der Waals surface area (Å²) in [5.41, 5.74) is 1.22. The van der Waals surface area contributed by atoms with Gasteiger partial charge in [-0.1, -0.05) is 19.9 Å². The average Bonchev–Trinajstić information content (AvgIpc) is 3.10. The summed E-state index contributed by atoms with van der Waals surface area (Å²) in [6.07, 6.45) is 6.51. The molecule has 1 N–H and O–H groups in total. The molecule has 0 aromatic rings. The standard InChI is InChI=1S/C17H28N2O2/c1-12(2)16-4-3-15(13-6-8-21-11-13)17(18-16)10-19-7-5-14(20)9-19/h3-4,12-15,17,20H,5-11H2,1-2H3/t13-,14-,15?,17?/m1/s1. The van der Waals surface area contributed by atoms with E-state index in [1.165, 1.54) is 5.71 Å². The van der Waals surface area contributed by atoms with E-state index < -0.39 is 0 Å². The minimum absolute atomic E-state index is 0.147. The minimum atomic E-state index is -0.147. The van der Waals surface area contributed by atoms with Crippen LogP contribution in [0.25, 0.3) is 0 Å². The second-order valence-electron chi connectivity index (χ2n) is 7.04. The summed E-state index contributed by atoms with van der Waals surface area (Å²) in [4.78, 5) is 7.42. The lowest BCUT2D eigenvalue weighted by molar-refractivity contribution is 0.158. The number of dihydropyridines is 1. The summed E-state index contributed by atoms with van der Waals surface area (Å²) in [5.74, 6) is 1.58. The number of allylic oxidation sites excluding steroid dienone is 1. The first kappa shape index (κ1) is 15.2. The first-order valence-electron chi connectivity index (χ1n) is 8.37. The lowest BCUT2D eigenvalue weighted by atomic mass is 9.82. The third-order valence-corrected chi connectivity index (χ3v) is 5.04. The highest BCUT2D eigenvalue weighted by atomic mass is 16.5. The lowest BCUT2D eigenvalue weighted by Gasteiger charge is -2.32. The molecule has 0 aliphatic carbocycles. The van der Waals surface area contributed by atoms with Crippen molar-refractivity contribution in [2.75, 3.05) is 32.8 Å². The predicted molar refractivity (Wildman–Crippen MR) is 84.7 cm³/mol. The summed E-state index contributed by atoms with van der Waals surface area (Å²) in [7, 11) is 0. The van der Waals surface area contributed by atoms with Gasteiger partial charge < -0.3 is 9.84 Å². The van der Waals surface area contributed by atoms with Crippen molar-refractivity contribution < 1.29 is 9.84 Å². The molecule has 0 saturated carbocycles. The van der Waals surface area contributed by atoms with Crippen LogP contribution >= 0.6 is 0 Å². The Morgan fingerprint density at radius 1 is 1.43 bits per heavy atom. The fourth-order valence-corrected chi connectivity index (χ4v) is 3.73. The van der Waals surface area contributed by atoms with Crippen molar-refractivity contribution in [1.82, 2.24) is 4.90 Å². The van der Waals surface area contributed by atoms with Crippen molar-refractivity contribution in [2.24, 2.45) is 22.7 Å². The fourth-order valence-electron chi connectivity index (χ4n) is 3.73. The molecular weight excluding hydrogens is 264 g/mol. The number of rotatable bonds is 4. The summed E-state index contributed by atoms with van der Waals surface area (Å²) in [6.45, 7) is 8.96. The molecule has 2 unspecified atom stereocenters. The van der Waals surface area contributed by atoms with Gasteiger partial charge in [0.2, 0.25) is 0 Å². The quantitative estimate of drug-likeness (QED) is 0.858. The van der Waals surface area contributed by atoms with E-state index in [0.717, 1.165) is 45.7 Å². The van der Waals surface area contributed by atoms with Gasteiger partial charge in [-0.3, -0.25) is 9.89 Å². The lowest BCUT2D eigenvalue weighted by Crippen LogP contribution is -2.39. The Labute approximate surface area is 127 Å². The maximum Gasteiger partial charge on any atom is 0.0695 e. The van der Waals surface area contributed by atoms with E-state index in [-0.39, 0.29) is 6.10 Å². The van der Waals surface area contributed by atoms with Gasteiger partial charge in [-0.25, -0.2) is 0 Å². The van der Waals surface area contributed by atoms with E-state index in [2.05, 4.69) is 30.9 Å². The highest BCUT2D eigenvalue weighted by Crippen LogP contribution is 2.31. The monoisotopic (exact) mass is 292 g/mol. The Morgan fingerprint density at radius 3 is 2.90 bits per heavy atom. The number of ether oxygens (including phenoxy) is 1. The molecule has 21 heavy (non-hydrogen) atoms. The molecule has 4 nitrogen and oxygen atoms in total. The van der Waals surface area contributed by atoms with Crippen LogP contribution in [0.3, 0.4) is 0 Å². The van der Waals surface area contributed by atoms with Crippen LogP contribution in [0, 0.1) is 17.8 Å². The molecule has 0 aromatic heterocycles. The van der Waals surface area contributed by atoms with Crippen molar-refractivity contribution >= 4 is 5.71 Å². The van der Waals surface area contributed by atoms with Gasteiger partial charge in [-0.2, -0.15) is 0 Å². The maximum atomic E-state index is 9.74. The molecule has 0 radical (unpaired) electrons. The van der Waals surface area contributed by atoms with Crippen LogP contribution in [0.15, 0.2) is 17.1 Å². The molecular formula is C17H28N2O2. The fraction of sp³-hybridized carbons (Fsp3) is 0.824. The normalized spacial score (nSPS) is 37.4. The van der Waals surface area contributed by atoms with Gasteiger partial charge in [0.25, 0.3) is 0 Å². The number of nitrogens with zero attached hydrogens (tertiary/aromatic N) is 2. The van der Waals surface area contributed by atoms with Crippen molar-refractivity contribution in [3.8, 4) is 0 Å². The Balaban J connectivity index is 1.71. The molecule has 0 aromatic carbocycles. The number of aliphatic imine (C=N–C) groups is 1. The van der Waals surface area contributed by atoms with Gasteiger partial charge in [-0.15, -0.1) is 0 Å². The van der Waals surface area contributed by atoms with Gasteiger partial charge in [0, 0.05) is 37.9 Å². The SMILES string of the molecule is CC(C)C1=NC(CN2CC[C@@H](O)C2)C([C@@H]2CCOC2)C=C1.